The molecule has 3 heterocycles. The molecule has 0 radical (unpaired) electrons. The molecule has 0 bridgehead atoms. The lowest BCUT2D eigenvalue weighted by Crippen LogP contribution is -2.29. The molecule has 3 aromatic carbocycles. The Labute approximate surface area is 241 Å². The van der Waals surface area contributed by atoms with Crippen LogP contribution in [0.25, 0.3) is 22.7 Å². The zero-order chi connectivity index (χ0) is 27.6. The van der Waals surface area contributed by atoms with E-state index in [4.69, 9.17) is 9.84 Å². The van der Waals surface area contributed by atoms with E-state index in [2.05, 4.69) is 22.6 Å². The van der Waals surface area contributed by atoms with E-state index in [1.807, 2.05) is 103 Å². The second-order valence-electron chi connectivity index (χ2n) is 8.97. The summed E-state index contributed by atoms with van der Waals surface area (Å²) in [6.45, 7) is 4.31. The number of hydrogen-bond donors (Lipinski definition) is 1. The average molecular weight is 564 g/mol. The van der Waals surface area contributed by atoms with Gasteiger partial charge >= 0.3 is 0 Å². The topological polar surface area (TPSA) is 72.6 Å². The van der Waals surface area contributed by atoms with Crippen LogP contribution in [0.4, 0.5) is 5.69 Å². The Morgan fingerprint density at radius 2 is 1.75 bits per heavy atom. The Hall–Kier alpha value is -4.34. The molecule has 6 rings (SSSR count). The number of aromatic nitrogens is 3. The van der Waals surface area contributed by atoms with Crippen molar-refractivity contribution in [1.29, 1.82) is 0 Å². The molecule has 0 saturated heterocycles. The molecule has 1 amide bonds. The number of hydrogen-bond acceptors (Lipinski definition) is 6. The van der Waals surface area contributed by atoms with E-state index in [-0.39, 0.29) is 16.8 Å². The molecule has 0 fully saturated rings. The summed E-state index contributed by atoms with van der Waals surface area (Å²) < 4.78 is 7.67. The lowest BCUT2D eigenvalue weighted by atomic mass is 10.2. The van der Waals surface area contributed by atoms with Gasteiger partial charge in [-0.2, -0.15) is 5.10 Å². The zero-order valence-corrected chi connectivity index (χ0v) is 23.6. The number of pyridine rings is 1. The van der Waals surface area contributed by atoms with Gasteiger partial charge in [0.1, 0.15) is 16.5 Å². The Morgan fingerprint density at radius 1 is 0.975 bits per heavy atom. The summed E-state index contributed by atoms with van der Waals surface area (Å²) in [4.78, 5) is 25.3. The van der Waals surface area contributed by atoms with Gasteiger partial charge in [-0.3, -0.25) is 14.7 Å². The van der Waals surface area contributed by atoms with Gasteiger partial charge in [0.15, 0.2) is 5.17 Å². The molecule has 1 aliphatic rings. The highest BCUT2D eigenvalue weighted by atomic mass is 32.2. The molecule has 0 unspecified atom stereocenters. The van der Waals surface area contributed by atoms with Crippen molar-refractivity contribution in [2.24, 2.45) is 4.99 Å². The molecule has 0 saturated carbocycles. The summed E-state index contributed by atoms with van der Waals surface area (Å²) >= 11 is 6.12. The molecule has 5 aromatic rings. The maximum atomic E-state index is 13.7. The minimum Gasteiger partial charge on any atom is -0.492 e. The van der Waals surface area contributed by atoms with Gasteiger partial charge < -0.3 is 4.74 Å². The van der Waals surface area contributed by atoms with Crippen LogP contribution in [0, 0.1) is 6.92 Å². The minimum atomic E-state index is -0.285. The number of amidine groups is 1. The maximum Gasteiger partial charge on any atom is 0.283 e. The number of amides is 1. The van der Waals surface area contributed by atoms with E-state index < -0.39 is 0 Å². The first kappa shape index (κ1) is 25.9. The highest BCUT2D eigenvalue weighted by Gasteiger charge is 2.32. The maximum absolute atomic E-state index is 13.7. The fraction of sp³-hybridized carbons (Fsp3) is 0.0968. The van der Waals surface area contributed by atoms with Crippen LogP contribution < -0.4 is 9.64 Å². The van der Waals surface area contributed by atoms with Crippen molar-refractivity contribution in [1.82, 2.24) is 14.8 Å². The number of nitrogens with zero attached hydrogens (tertiary/aromatic N) is 5. The van der Waals surface area contributed by atoms with Crippen LogP contribution in [-0.4, -0.2) is 32.4 Å². The van der Waals surface area contributed by atoms with E-state index in [1.165, 1.54) is 4.90 Å². The molecule has 40 heavy (non-hydrogen) atoms. The number of carbonyl (C=O) groups is 1. The molecule has 0 aliphatic carbocycles. The lowest BCUT2D eigenvalue weighted by molar-refractivity contribution is -0.113. The largest absolute Gasteiger partial charge is 0.492 e. The molecule has 2 aromatic heterocycles. The lowest BCUT2D eigenvalue weighted by Gasteiger charge is -2.18. The number of anilines is 1. The van der Waals surface area contributed by atoms with Gasteiger partial charge in [-0.15, -0.1) is 12.6 Å². The van der Waals surface area contributed by atoms with Crippen molar-refractivity contribution >= 4 is 58.1 Å². The molecule has 9 heteroatoms. The van der Waals surface area contributed by atoms with Crippen LogP contribution in [0.2, 0.25) is 0 Å². The van der Waals surface area contributed by atoms with E-state index in [0.717, 1.165) is 37.8 Å². The minimum absolute atomic E-state index is 0.268. The van der Waals surface area contributed by atoms with Crippen LogP contribution >= 0.6 is 24.4 Å². The number of benzene rings is 3. The van der Waals surface area contributed by atoms with E-state index in [9.17, 15) is 4.79 Å². The van der Waals surface area contributed by atoms with Crippen molar-refractivity contribution < 1.29 is 9.53 Å². The first-order valence-corrected chi connectivity index (χ1v) is 14.0. The number of ether oxygens (including phenoxy) is 1. The Morgan fingerprint density at radius 3 is 2.58 bits per heavy atom. The van der Waals surface area contributed by atoms with E-state index in [1.54, 1.807) is 24.0 Å². The zero-order valence-electron chi connectivity index (χ0n) is 21.9. The molecule has 0 spiro atoms. The van der Waals surface area contributed by atoms with Gasteiger partial charge in [0.05, 0.1) is 29.2 Å². The molecular formula is C31H25N5O2S2. The van der Waals surface area contributed by atoms with Gasteiger partial charge in [0.25, 0.3) is 5.91 Å². The number of carbonyl (C=O) groups excluding carboxylic acids is 1. The first-order valence-electron chi connectivity index (χ1n) is 12.8. The molecular weight excluding hydrogens is 539 g/mol. The molecule has 198 valence electrons. The summed E-state index contributed by atoms with van der Waals surface area (Å²) in [7, 11) is 0. The summed E-state index contributed by atoms with van der Waals surface area (Å²) in [5.41, 5.74) is 4.25. The van der Waals surface area contributed by atoms with Gasteiger partial charge in [-0.05, 0) is 56.3 Å². The monoisotopic (exact) mass is 563 g/mol. The van der Waals surface area contributed by atoms with Crippen molar-refractivity contribution in [2.45, 2.75) is 23.8 Å². The average Bonchev–Trinajstić information content (AvgIpc) is 3.44. The predicted octanol–water partition coefficient (Wildman–Crippen LogP) is 6.95. The van der Waals surface area contributed by atoms with Crippen molar-refractivity contribution in [3.8, 4) is 11.4 Å². The van der Waals surface area contributed by atoms with Gasteiger partial charge in [-0.25, -0.2) is 9.67 Å². The van der Waals surface area contributed by atoms with Gasteiger partial charge in [-0.1, -0.05) is 60.3 Å². The quantitative estimate of drug-likeness (QED) is 0.171. The third-order valence-electron chi connectivity index (χ3n) is 6.40. The second-order valence-corrected chi connectivity index (χ2v) is 10.4. The van der Waals surface area contributed by atoms with Crippen LogP contribution in [0.15, 0.2) is 112 Å². The normalized spacial score (nSPS) is 14.3. The number of thiol groups is 1. The van der Waals surface area contributed by atoms with Crippen molar-refractivity contribution in [3.63, 3.8) is 0 Å². The molecule has 0 atom stereocenters. The third-order valence-corrected chi connectivity index (χ3v) is 7.83. The number of rotatable bonds is 7. The SMILES string of the molecule is CCOc1ccccc1N1C(=O)/C(=C\c2c(C)nn(-c3ccccc3)c2Sc2cccc3cccnc23)N=C1S. The second kappa shape index (κ2) is 11.0. The van der Waals surface area contributed by atoms with Crippen LogP contribution in [0.1, 0.15) is 18.2 Å². The number of aliphatic imine (C=N–C) groups is 1. The molecule has 0 N–H and O–H groups in total. The smallest absolute Gasteiger partial charge is 0.283 e. The third kappa shape index (κ3) is 4.78. The van der Waals surface area contributed by atoms with Crippen LogP contribution in [0.5, 0.6) is 5.75 Å². The Kier molecular flexibility index (Phi) is 7.15. The van der Waals surface area contributed by atoms with E-state index in [0.29, 0.717) is 18.0 Å². The fourth-order valence-electron chi connectivity index (χ4n) is 4.57. The number of aryl methyl sites for hydroxylation is 1. The van der Waals surface area contributed by atoms with Gasteiger partial charge in [0, 0.05) is 22.0 Å². The molecule has 7 nitrogen and oxygen atoms in total. The molecule has 1 aliphatic heterocycles. The predicted molar refractivity (Wildman–Crippen MR) is 164 cm³/mol. The van der Waals surface area contributed by atoms with Crippen molar-refractivity contribution in [3.05, 3.63) is 108 Å². The highest BCUT2D eigenvalue weighted by Crippen LogP contribution is 2.39. The van der Waals surface area contributed by atoms with Gasteiger partial charge in [0.2, 0.25) is 0 Å². The highest BCUT2D eigenvalue weighted by molar-refractivity contribution is 7.99. The summed E-state index contributed by atoms with van der Waals surface area (Å²) in [5.74, 6) is 0.306. The summed E-state index contributed by atoms with van der Waals surface area (Å²) in [6.07, 6.45) is 3.59. The standard InChI is InChI=1S/C31H25N5O2S2/c1-3-38-26-16-8-7-15-25(26)35-29(37)24(33-31(35)39)19-23-20(2)34-36(22-13-5-4-6-14-22)30(23)40-27-17-9-11-21-12-10-18-32-28(21)27/h4-19H,3H2,1-2H3,(H,33,39)/b24-19+. The van der Waals surface area contributed by atoms with Crippen LogP contribution in [0.3, 0.4) is 0 Å². The van der Waals surface area contributed by atoms with E-state index >= 15 is 0 Å². The number of fused-ring (bicyclic) bond motifs is 1. The number of para-hydroxylation sites is 4. The first-order chi connectivity index (χ1) is 19.5. The van der Waals surface area contributed by atoms with Crippen LogP contribution in [-0.2, 0) is 4.79 Å². The summed E-state index contributed by atoms with van der Waals surface area (Å²) in [6, 6.07) is 27.4. The van der Waals surface area contributed by atoms with Crippen molar-refractivity contribution in [2.75, 3.05) is 11.5 Å². The fourth-order valence-corrected chi connectivity index (χ4v) is 6.05. The summed E-state index contributed by atoms with van der Waals surface area (Å²) in [5, 5.41) is 7.06. The Balaban J connectivity index is 1.47. The Bertz CT molecular complexity index is 1790.